The van der Waals surface area contributed by atoms with Crippen LogP contribution in [0.25, 0.3) is 0 Å². The van der Waals surface area contributed by atoms with Crippen LogP contribution in [0.1, 0.15) is 73.6 Å². The molecule has 0 aliphatic rings. The highest BCUT2D eigenvalue weighted by molar-refractivity contribution is 5.66. The van der Waals surface area contributed by atoms with E-state index in [2.05, 4.69) is 13.8 Å². The Kier molecular flexibility index (Phi) is 16.4. The zero-order chi connectivity index (χ0) is 17.4. The molecule has 0 aliphatic carbocycles. The lowest BCUT2D eigenvalue weighted by atomic mass is 10.2. The molecule has 0 heterocycles. The summed E-state index contributed by atoms with van der Waals surface area (Å²) in [5.74, 6) is -1.87. The van der Waals surface area contributed by atoms with Crippen LogP contribution in [0.3, 0.4) is 0 Å². The molecule has 5 heteroatoms. The van der Waals surface area contributed by atoms with Crippen LogP contribution in [-0.4, -0.2) is 48.2 Å². The van der Waals surface area contributed by atoms with Crippen molar-refractivity contribution >= 4 is 5.97 Å². The normalized spacial score (nSPS) is 13.3. The van der Waals surface area contributed by atoms with Gasteiger partial charge < -0.3 is 14.6 Å². The van der Waals surface area contributed by atoms with Gasteiger partial charge in [0.2, 0.25) is 0 Å². The molecule has 0 spiro atoms. The van der Waals surface area contributed by atoms with Crippen LogP contribution >= 0.6 is 0 Å². The summed E-state index contributed by atoms with van der Waals surface area (Å²) in [6.45, 7) is 14.6. The first kappa shape index (κ1) is 23.6. The Morgan fingerprint density at radius 1 is 1.00 bits per heavy atom. The van der Waals surface area contributed by atoms with E-state index in [-0.39, 0.29) is 0 Å². The molecule has 0 fully saturated rings. The van der Waals surface area contributed by atoms with E-state index in [1.807, 2.05) is 25.7 Å². The van der Waals surface area contributed by atoms with Gasteiger partial charge in [-0.1, -0.05) is 33.6 Å². The lowest BCUT2D eigenvalue weighted by Gasteiger charge is -2.37. The van der Waals surface area contributed by atoms with Gasteiger partial charge in [-0.25, -0.2) is 4.90 Å². The molecule has 0 aromatic heterocycles. The number of nitrogens with zero attached hydrogens (tertiary/aromatic N) is 1. The highest BCUT2D eigenvalue weighted by Gasteiger charge is 2.35. The molecular formula is C17H37NO4. The third-order valence-corrected chi connectivity index (χ3v) is 3.23. The molecule has 1 N–H and O–H groups in total. The lowest BCUT2D eigenvalue weighted by molar-refractivity contribution is -0.279. The minimum Gasteiger partial charge on any atom is -0.419 e. The fourth-order valence-electron chi connectivity index (χ4n) is 1.95. The summed E-state index contributed by atoms with van der Waals surface area (Å²) in [4.78, 5) is 12.9. The van der Waals surface area contributed by atoms with Gasteiger partial charge in [-0.15, -0.1) is 0 Å². The van der Waals surface area contributed by atoms with E-state index in [9.17, 15) is 9.90 Å². The highest BCUT2D eigenvalue weighted by Crippen LogP contribution is 2.20. The minimum absolute atomic E-state index is 0.389. The smallest absolute Gasteiger partial charge is 0.306 e. The Morgan fingerprint density at radius 3 is 1.68 bits per heavy atom. The van der Waals surface area contributed by atoms with Gasteiger partial charge in [0.25, 0.3) is 5.91 Å². The van der Waals surface area contributed by atoms with Crippen molar-refractivity contribution in [2.75, 3.05) is 26.3 Å². The fourth-order valence-corrected chi connectivity index (χ4v) is 1.95. The van der Waals surface area contributed by atoms with Crippen LogP contribution < -0.4 is 0 Å². The second kappa shape index (κ2) is 15.3. The van der Waals surface area contributed by atoms with Crippen molar-refractivity contribution in [3.05, 3.63) is 0 Å². The number of aliphatic hydroxyl groups is 1. The molecule has 0 saturated heterocycles. The number of carbonyl (C=O) groups is 1. The lowest BCUT2D eigenvalue weighted by Crippen LogP contribution is -2.52. The number of carbonyl (C=O) groups excluding carboxylic acids is 1. The molecule has 0 radical (unpaired) electrons. The number of unbranched alkanes of at least 4 members (excludes halogenated alkanes) is 2. The molecule has 1 unspecified atom stereocenters. The van der Waals surface area contributed by atoms with E-state index in [0.29, 0.717) is 6.42 Å². The monoisotopic (exact) mass is 319 g/mol. The van der Waals surface area contributed by atoms with E-state index in [1.165, 1.54) is 6.92 Å². The first-order valence-electron chi connectivity index (χ1n) is 8.66. The SMILES string of the molecule is CCCCN(CCCC)C(O)(CC)OC(C)=O.CCOCC. The summed E-state index contributed by atoms with van der Waals surface area (Å²) < 4.78 is 9.92. The Bertz CT molecular complexity index is 251. The van der Waals surface area contributed by atoms with Crippen molar-refractivity contribution in [1.29, 1.82) is 0 Å². The molecule has 0 rings (SSSR count). The van der Waals surface area contributed by atoms with Crippen LogP contribution in [0, 0.1) is 0 Å². The molecule has 0 amide bonds. The number of esters is 1. The van der Waals surface area contributed by atoms with E-state index >= 15 is 0 Å². The van der Waals surface area contributed by atoms with Gasteiger partial charge in [0.05, 0.1) is 0 Å². The summed E-state index contributed by atoms with van der Waals surface area (Å²) in [5, 5.41) is 10.4. The van der Waals surface area contributed by atoms with Crippen LogP contribution in [0.15, 0.2) is 0 Å². The molecule has 0 aromatic rings. The average Bonchev–Trinajstić information content (AvgIpc) is 2.48. The topological polar surface area (TPSA) is 59.0 Å². The number of hydrogen-bond donors (Lipinski definition) is 1. The van der Waals surface area contributed by atoms with Crippen molar-refractivity contribution in [2.45, 2.75) is 79.6 Å². The summed E-state index contributed by atoms with van der Waals surface area (Å²) >= 11 is 0. The molecule has 0 aromatic carbocycles. The van der Waals surface area contributed by atoms with Crippen LogP contribution in [0.2, 0.25) is 0 Å². The predicted octanol–water partition coefficient (Wildman–Crippen LogP) is 3.55. The van der Waals surface area contributed by atoms with Crippen molar-refractivity contribution in [3.63, 3.8) is 0 Å². The van der Waals surface area contributed by atoms with Crippen LogP contribution in [0.5, 0.6) is 0 Å². The van der Waals surface area contributed by atoms with Gasteiger partial charge in [0.1, 0.15) is 0 Å². The third kappa shape index (κ3) is 12.0. The Balaban J connectivity index is 0. The maximum atomic E-state index is 11.1. The first-order chi connectivity index (χ1) is 10.4. The zero-order valence-electron chi connectivity index (χ0n) is 15.5. The Labute approximate surface area is 137 Å². The van der Waals surface area contributed by atoms with Gasteiger partial charge in [0.15, 0.2) is 0 Å². The van der Waals surface area contributed by atoms with Crippen molar-refractivity contribution in [3.8, 4) is 0 Å². The molecule has 1 atom stereocenters. The second-order valence-electron chi connectivity index (χ2n) is 5.17. The van der Waals surface area contributed by atoms with E-state index in [0.717, 1.165) is 52.0 Å². The summed E-state index contributed by atoms with van der Waals surface area (Å²) in [6.07, 6.45) is 4.49. The van der Waals surface area contributed by atoms with Crippen molar-refractivity contribution in [2.24, 2.45) is 0 Å². The van der Waals surface area contributed by atoms with Gasteiger partial charge in [-0.05, 0) is 26.7 Å². The molecule has 134 valence electrons. The molecule has 22 heavy (non-hydrogen) atoms. The van der Waals surface area contributed by atoms with E-state index in [4.69, 9.17) is 9.47 Å². The molecule has 5 nitrogen and oxygen atoms in total. The first-order valence-corrected chi connectivity index (χ1v) is 8.66. The maximum absolute atomic E-state index is 11.1. The minimum atomic E-state index is -1.43. The largest absolute Gasteiger partial charge is 0.419 e. The standard InChI is InChI=1S/C13H27NO3.C4H10O/c1-5-8-10-14(11-9-6-2)13(16,7-3)17-12(4)15;1-3-5-4-2/h16H,5-11H2,1-4H3;3-4H2,1-2H3. The molecule has 0 saturated carbocycles. The Hall–Kier alpha value is -0.650. The second-order valence-corrected chi connectivity index (χ2v) is 5.17. The van der Waals surface area contributed by atoms with Gasteiger partial charge in [-0.3, -0.25) is 4.79 Å². The van der Waals surface area contributed by atoms with Crippen LogP contribution in [0.4, 0.5) is 0 Å². The Morgan fingerprint density at radius 2 is 1.45 bits per heavy atom. The van der Waals surface area contributed by atoms with Crippen LogP contribution in [-0.2, 0) is 14.3 Å². The summed E-state index contributed by atoms with van der Waals surface area (Å²) in [6, 6.07) is 0. The van der Waals surface area contributed by atoms with E-state index in [1.54, 1.807) is 0 Å². The fraction of sp³-hybridized carbons (Fsp3) is 0.941. The van der Waals surface area contributed by atoms with Gasteiger partial charge in [0, 0.05) is 39.6 Å². The highest BCUT2D eigenvalue weighted by atomic mass is 16.7. The number of ether oxygens (including phenoxy) is 2. The van der Waals surface area contributed by atoms with Crippen molar-refractivity contribution < 1.29 is 19.4 Å². The summed E-state index contributed by atoms with van der Waals surface area (Å²) in [7, 11) is 0. The molecule has 0 bridgehead atoms. The predicted molar refractivity (Wildman–Crippen MR) is 90.6 cm³/mol. The maximum Gasteiger partial charge on any atom is 0.306 e. The number of rotatable bonds is 11. The van der Waals surface area contributed by atoms with Gasteiger partial charge >= 0.3 is 5.97 Å². The van der Waals surface area contributed by atoms with Crippen molar-refractivity contribution in [1.82, 2.24) is 4.90 Å². The molecular weight excluding hydrogens is 282 g/mol. The average molecular weight is 319 g/mol. The van der Waals surface area contributed by atoms with Gasteiger partial charge in [-0.2, -0.15) is 0 Å². The molecule has 0 aliphatic heterocycles. The third-order valence-electron chi connectivity index (χ3n) is 3.23. The van der Waals surface area contributed by atoms with E-state index < -0.39 is 11.9 Å². The summed E-state index contributed by atoms with van der Waals surface area (Å²) in [5.41, 5.74) is 0. The number of hydrogen-bond acceptors (Lipinski definition) is 5. The quantitative estimate of drug-likeness (QED) is 0.466. The zero-order valence-corrected chi connectivity index (χ0v) is 15.5.